The molecule has 7 heteroatoms. The van der Waals surface area contributed by atoms with E-state index in [0.29, 0.717) is 22.6 Å². The van der Waals surface area contributed by atoms with E-state index in [2.05, 4.69) is 15.4 Å². The molecular formula is C18H13FN4OS. The molecule has 0 saturated heterocycles. The van der Waals surface area contributed by atoms with Crippen molar-refractivity contribution in [1.29, 1.82) is 0 Å². The third-order valence-corrected chi connectivity index (χ3v) is 4.86. The van der Waals surface area contributed by atoms with E-state index in [0.717, 1.165) is 10.3 Å². The summed E-state index contributed by atoms with van der Waals surface area (Å²) < 4.78 is 16.2. The van der Waals surface area contributed by atoms with Gasteiger partial charge in [-0.3, -0.25) is 4.79 Å². The summed E-state index contributed by atoms with van der Waals surface area (Å²) in [5.41, 5.74) is 0.840. The minimum Gasteiger partial charge on any atom is -0.347 e. The molecule has 25 heavy (non-hydrogen) atoms. The second-order valence-electron chi connectivity index (χ2n) is 5.38. The Morgan fingerprint density at radius 2 is 2.12 bits per heavy atom. The summed E-state index contributed by atoms with van der Waals surface area (Å²) >= 11 is 1.27. The molecule has 4 aromatic rings. The van der Waals surface area contributed by atoms with E-state index in [-0.39, 0.29) is 11.7 Å². The maximum atomic E-state index is 13.8. The summed E-state index contributed by atoms with van der Waals surface area (Å²) in [7, 11) is 0. The fourth-order valence-electron chi connectivity index (χ4n) is 2.57. The third-order valence-electron chi connectivity index (χ3n) is 3.76. The predicted octanol–water partition coefficient (Wildman–Crippen LogP) is 3.55. The minimum absolute atomic E-state index is 0.240. The Balaban J connectivity index is 1.55. The molecule has 0 aliphatic rings. The zero-order chi connectivity index (χ0) is 17.2. The Kier molecular flexibility index (Phi) is 3.99. The van der Waals surface area contributed by atoms with Gasteiger partial charge in [-0.05, 0) is 30.3 Å². The van der Waals surface area contributed by atoms with Crippen LogP contribution in [0.5, 0.6) is 0 Å². The number of halogens is 1. The van der Waals surface area contributed by atoms with Gasteiger partial charge < -0.3 is 5.32 Å². The minimum atomic E-state index is -0.318. The molecule has 3 aromatic heterocycles. The molecule has 0 unspecified atom stereocenters. The van der Waals surface area contributed by atoms with Gasteiger partial charge in [0.15, 0.2) is 5.82 Å². The van der Waals surface area contributed by atoms with Crippen LogP contribution in [-0.4, -0.2) is 20.7 Å². The van der Waals surface area contributed by atoms with Crippen LogP contribution in [0.2, 0.25) is 0 Å². The fraction of sp³-hybridized carbons (Fsp3) is 0.0556. The Labute approximate surface area is 146 Å². The molecule has 124 valence electrons. The van der Waals surface area contributed by atoms with E-state index >= 15 is 0 Å². The highest BCUT2D eigenvalue weighted by Crippen LogP contribution is 2.27. The molecular weight excluding hydrogens is 339 g/mol. The van der Waals surface area contributed by atoms with E-state index in [1.54, 1.807) is 41.5 Å². The molecule has 0 radical (unpaired) electrons. The van der Waals surface area contributed by atoms with Crippen LogP contribution in [0.4, 0.5) is 4.39 Å². The van der Waals surface area contributed by atoms with Gasteiger partial charge in [-0.1, -0.05) is 12.1 Å². The van der Waals surface area contributed by atoms with Gasteiger partial charge in [-0.15, -0.1) is 11.3 Å². The molecule has 0 atom stereocenters. The number of thiophene rings is 1. The van der Waals surface area contributed by atoms with E-state index in [1.165, 1.54) is 17.4 Å². The maximum absolute atomic E-state index is 13.8. The molecule has 0 aliphatic carbocycles. The van der Waals surface area contributed by atoms with Crippen molar-refractivity contribution in [2.75, 3.05) is 0 Å². The number of nitrogens with one attached hydrogen (secondary N) is 1. The van der Waals surface area contributed by atoms with Crippen molar-refractivity contribution in [1.82, 2.24) is 20.1 Å². The van der Waals surface area contributed by atoms with E-state index in [1.807, 2.05) is 18.2 Å². The molecule has 0 aliphatic heterocycles. The van der Waals surface area contributed by atoms with Crippen LogP contribution in [-0.2, 0) is 6.54 Å². The van der Waals surface area contributed by atoms with E-state index < -0.39 is 0 Å². The highest BCUT2D eigenvalue weighted by molar-refractivity contribution is 7.20. The lowest BCUT2D eigenvalue weighted by atomic mass is 10.2. The number of pyridine rings is 1. The first-order chi connectivity index (χ1) is 12.2. The van der Waals surface area contributed by atoms with Crippen molar-refractivity contribution in [3.63, 3.8) is 0 Å². The lowest BCUT2D eigenvalue weighted by Crippen LogP contribution is -2.23. The van der Waals surface area contributed by atoms with Gasteiger partial charge in [0.1, 0.15) is 5.82 Å². The van der Waals surface area contributed by atoms with Gasteiger partial charge in [0, 0.05) is 40.8 Å². The number of rotatable bonds is 4. The van der Waals surface area contributed by atoms with Crippen molar-refractivity contribution >= 4 is 27.3 Å². The van der Waals surface area contributed by atoms with Crippen molar-refractivity contribution in [3.05, 3.63) is 77.3 Å². The highest BCUT2D eigenvalue weighted by Gasteiger charge is 2.13. The molecule has 0 fully saturated rings. The molecule has 0 bridgehead atoms. The van der Waals surface area contributed by atoms with Gasteiger partial charge >= 0.3 is 0 Å². The molecule has 1 N–H and O–H groups in total. The SMILES string of the molecule is O=C(NCc1cccnc1-n1cccn1)c1cc2c(F)cccc2s1. The van der Waals surface area contributed by atoms with Crippen LogP contribution in [0, 0.1) is 5.82 Å². The topological polar surface area (TPSA) is 59.8 Å². The average Bonchev–Trinajstić information content (AvgIpc) is 3.30. The fourth-order valence-corrected chi connectivity index (χ4v) is 3.56. The molecule has 0 saturated carbocycles. The van der Waals surface area contributed by atoms with Crippen molar-refractivity contribution in [2.45, 2.75) is 6.54 Å². The summed E-state index contributed by atoms with van der Waals surface area (Å²) in [5, 5.41) is 7.51. The summed E-state index contributed by atoms with van der Waals surface area (Å²) in [6, 6.07) is 11.9. The number of nitrogens with zero attached hydrogens (tertiary/aromatic N) is 3. The zero-order valence-electron chi connectivity index (χ0n) is 13.0. The number of hydrogen-bond acceptors (Lipinski definition) is 4. The Hall–Kier alpha value is -3.06. The number of hydrogen-bond donors (Lipinski definition) is 1. The predicted molar refractivity (Wildman–Crippen MR) is 94.3 cm³/mol. The second-order valence-corrected chi connectivity index (χ2v) is 6.47. The molecule has 4 rings (SSSR count). The third kappa shape index (κ3) is 3.01. The number of fused-ring (bicyclic) bond motifs is 1. The standard InChI is InChI=1S/C18H13FN4OS/c19-14-5-1-6-15-13(14)10-16(25-15)18(24)21-11-12-4-2-7-20-17(12)23-9-3-8-22-23/h1-10H,11H2,(H,21,24). The van der Waals surface area contributed by atoms with Crippen LogP contribution in [0.15, 0.2) is 61.1 Å². The lowest BCUT2D eigenvalue weighted by Gasteiger charge is -2.09. The maximum Gasteiger partial charge on any atom is 0.261 e. The summed E-state index contributed by atoms with van der Waals surface area (Å²) in [5.74, 6) is 0.104. The summed E-state index contributed by atoms with van der Waals surface area (Å²) in [4.78, 5) is 17.2. The van der Waals surface area contributed by atoms with E-state index in [4.69, 9.17) is 0 Å². The first-order valence-electron chi connectivity index (χ1n) is 7.62. The van der Waals surface area contributed by atoms with Crippen molar-refractivity contribution in [3.8, 4) is 5.82 Å². The van der Waals surface area contributed by atoms with Gasteiger partial charge in [0.25, 0.3) is 5.91 Å². The summed E-state index contributed by atoms with van der Waals surface area (Å²) in [6.07, 6.45) is 5.14. The largest absolute Gasteiger partial charge is 0.347 e. The van der Waals surface area contributed by atoms with Gasteiger partial charge in [-0.2, -0.15) is 5.10 Å². The first kappa shape index (κ1) is 15.5. The lowest BCUT2D eigenvalue weighted by molar-refractivity contribution is 0.0955. The molecule has 3 heterocycles. The average molecular weight is 352 g/mol. The van der Waals surface area contributed by atoms with Crippen LogP contribution in [0.25, 0.3) is 15.9 Å². The quantitative estimate of drug-likeness (QED) is 0.611. The number of amides is 1. The number of carbonyl (C=O) groups excluding carboxylic acids is 1. The van der Waals surface area contributed by atoms with Gasteiger partial charge in [-0.25, -0.2) is 14.1 Å². The highest BCUT2D eigenvalue weighted by atomic mass is 32.1. The Morgan fingerprint density at radius 3 is 2.92 bits per heavy atom. The number of carbonyl (C=O) groups is 1. The zero-order valence-corrected chi connectivity index (χ0v) is 13.8. The Morgan fingerprint density at radius 1 is 1.20 bits per heavy atom. The van der Waals surface area contributed by atoms with Gasteiger partial charge in [0.05, 0.1) is 4.88 Å². The van der Waals surface area contributed by atoms with Crippen molar-refractivity contribution in [2.24, 2.45) is 0 Å². The van der Waals surface area contributed by atoms with Crippen LogP contribution >= 0.6 is 11.3 Å². The van der Waals surface area contributed by atoms with Gasteiger partial charge in [0.2, 0.25) is 0 Å². The Bertz CT molecular complexity index is 1040. The first-order valence-corrected chi connectivity index (χ1v) is 8.44. The van der Waals surface area contributed by atoms with Crippen LogP contribution in [0.3, 0.4) is 0 Å². The number of benzene rings is 1. The molecule has 0 spiro atoms. The normalized spacial score (nSPS) is 10.9. The monoisotopic (exact) mass is 352 g/mol. The van der Waals surface area contributed by atoms with Crippen LogP contribution < -0.4 is 5.32 Å². The molecule has 1 amide bonds. The van der Waals surface area contributed by atoms with Crippen molar-refractivity contribution < 1.29 is 9.18 Å². The molecule has 1 aromatic carbocycles. The smallest absolute Gasteiger partial charge is 0.261 e. The summed E-state index contributed by atoms with van der Waals surface area (Å²) in [6.45, 7) is 0.304. The van der Waals surface area contributed by atoms with E-state index in [9.17, 15) is 9.18 Å². The number of aromatic nitrogens is 3. The van der Waals surface area contributed by atoms with Crippen LogP contribution in [0.1, 0.15) is 15.2 Å². The second kappa shape index (κ2) is 6.45. The molecule has 5 nitrogen and oxygen atoms in total.